The lowest BCUT2D eigenvalue weighted by Crippen LogP contribution is -2.57. The molecule has 0 spiro atoms. The van der Waals surface area contributed by atoms with Crippen LogP contribution in [0.15, 0.2) is 0 Å². The highest BCUT2D eigenvalue weighted by molar-refractivity contribution is 4.99. The van der Waals surface area contributed by atoms with Crippen molar-refractivity contribution >= 4 is 0 Å². The number of hydrogen-bond acceptors (Lipinski definition) is 2. The van der Waals surface area contributed by atoms with Gasteiger partial charge >= 0.3 is 0 Å². The quantitative estimate of drug-likeness (QED) is 0.402. The van der Waals surface area contributed by atoms with E-state index in [1.165, 1.54) is 64.7 Å². The number of rotatable bonds is 7. The molecule has 2 saturated heterocycles. The molecular formula is C29H58N2. The van der Waals surface area contributed by atoms with Crippen LogP contribution in [0.25, 0.3) is 0 Å². The van der Waals surface area contributed by atoms with Crippen molar-refractivity contribution in [2.24, 2.45) is 28.1 Å². The lowest BCUT2D eigenvalue weighted by molar-refractivity contribution is -0.0408. The minimum absolute atomic E-state index is 0.271. The average Bonchev–Trinajstić information content (AvgIpc) is 2.66. The SMILES string of the molecule is CCC(C)(C)C(C)(C)N1CCC(C(C)(C)CC(C)(C)N2CCC(C(C)(C)C)CC2)CC1. The molecule has 0 aromatic rings. The van der Waals surface area contributed by atoms with Crippen LogP contribution in [-0.4, -0.2) is 47.1 Å². The maximum absolute atomic E-state index is 2.82. The Hall–Kier alpha value is -0.0800. The zero-order chi connectivity index (χ0) is 23.9. The van der Waals surface area contributed by atoms with E-state index in [2.05, 4.69) is 92.9 Å². The number of nitrogens with zero attached hydrogens (tertiary/aromatic N) is 2. The molecule has 0 unspecified atom stereocenters. The van der Waals surface area contributed by atoms with Gasteiger partial charge in [-0.05, 0) is 120 Å². The summed E-state index contributed by atoms with van der Waals surface area (Å²) in [7, 11) is 0. The summed E-state index contributed by atoms with van der Waals surface area (Å²) in [6.07, 6.45) is 8.01. The molecule has 0 bridgehead atoms. The minimum Gasteiger partial charge on any atom is -0.298 e. The third-order valence-electron chi connectivity index (χ3n) is 10.4. The largest absolute Gasteiger partial charge is 0.298 e. The predicted molar refractivity (Wildman–Crippen MR) is 139 cm³/mol. The summed E-state index contributed by atoms with van der Waals surface area (Å²) >= 11 is 0. The molecule has 0 aromatic carbocycles. The first-order valence-electron chi connectivity index (χ1n) is 13.4. The van der Waals surface area contributed by atoms with Crippen LogP contribution in [0.5, 0.6) is 0 Å². The van der Waals surface area contributed by atoms with Crippen molar-refractivity contribution in [1.82, 2.24) is 9.80 Å². The standard InChI is InChI=1S/C29H58N2/c1-13-27(7,8)29(11,12)31-20-16-24(17-21-31)26(5,6)22-28(9,10)30-18-14-23(15-19-30)25(2,3)4/h23-24H,13-22H2,1-12H3. The molecule has 2 nitrogen and oxygen atoms in total. The fraction of sp³-hybridized carbons (Fsp3) is 1.00. The molecule has 0 atom stereocenters. The third-order valence-corrected chi connectivity index (χ3v) is 10.4. The van der Waals surface area contributed by atoms with E-state index in [1.54, 1.807) is 0 Å². The minimum atomic E-state index is 0.271. The van der Waals surface area contributed by atoms with E-state index < -0.39 is 0 Å². The maximum Gasteiger partial charge on any atom is 0.0204 e. The summed E-state index contributed by atoms with van der Waals surface area (Å²) in [5.74, 6) is 1.73. The van der Waals surface area contributed by atoms with Gasteiger partial charge in [0, 0.05) is 11.1 Å². The maximum atomic E-state index is 2.82. The van der Waals surface area contributed by atoms with E-state index in [0.29, 0.717) is 21.8 Å². The second-order valence-corrected chi connectivity index (χ2v) is 14.7. The summed E-state index contributed by atoms with van der Waals surface area (Å²) in [5.41, 5.74) is 1.79. The zero-order valence-electron chi connectivity index (χ0n) is 23.6. The highest BCUT2D eigenvalue weighted by Crippen LogP contribution is 2.46. The van der Waals surface area contributed by atoms with Gasteiger partial charge in [0.2, 0.25) is 0 Å². The van der Waals surface area contributed by atoms with Crippen molar-refractivity contribution in [3.8, 4) is 0 Å². The topological polar surface area (TPSA) is 6.48 Å². The van der Waals surface area contributed by atoms with Crippen LogP contribution in [0.4, 0.5) is 0 Å². The molecule has 2 fully saturated rings. The lowest BCUT2D eigenvalue weighted by atomic mass is 9.65. The van der Waals surface area contributed by atoms with Gasteiger partial charge in [-0.3, -0.25) is 9.80 Å². The van der Waals surface area contributed by atoms with E-state index in [-0.39, 0.29) is 5.54 Å². The zero-order valence-corrected chi connectivity index (χ0v) is 23.6. The molecule has 2 aliphatic rings. The average molecular weight is 435 g/mol. The first kappa shape index (κ1) is 27.2. The van der Waals surface area contributed by atoms with E-state index in [0.717, 1.165) is 11.8 Å². The van der Waals surface area contributed by atoms with Crippen LogP contribution in [0.2, 0.25) is 0 Å². The fourth-order valence-electron chi connectivity index (χ4n) is 6.80. The second kappa shape index (κ2) is 9.28. The van der Waals surface area contributed by atoms with Gasteiger partial charge in [0.25, 0.3) is 0 Å². The molecule has 31 heavy (non-hydrogen) atoms. The van der Waals surface area contributed by atoms with Crippen molar-refractivity contribution in [1.29, 1.82) is 0 Å². The van der Waals surface area contributed by atoms with Gasteiger partial charge in [0.1, 0.15) is 0 Å². The Morgan fingerprint density at radius 3 is 1.45 bits per heavy atom. The van der Waals surface area contributed by atoms with E-state index in [9.17, 15) is 0 Å². The van der Waals surface area contributed by atoms with Crippen LogP contribution in [0.1, 0.15) is 122 Å². The van der Waals surface area contributed by atoms with Crippen LogP contribution in [0.3, 0.4) is 0 Å². The van der Waals surface area contributed by atoms with E-state index in [1.807, 2.05) is 0 Å². The van der Waals surface area contributed by atoms with Gasteiger partial charge in [-0.1, -0.05) is 55.4 Å². The van der Waals surface area contributed by atoms with Crippen LogP contribution < -0.4 is 0 Å². The number of piperidine rings is 2. The highest BCUT2D eigenvalue weighted by Gasteiger charge is 2.45. The first-order chi connectivity index (χ1) is 13.9. The van der Waals surface area contributed by atoms with Gasteiger partial charge in [0.05, 0.1) is 0 Å². The molecule has 2 aliphatic heterocycles. The molecule has 0 aliphatic carbocycles. The molecular weight excluding hydrogens is 376 g/mol. The van der Waals surface area contributed by atoms with Crippen molar-refractivity contribution in [3.63, 3.8) is 0 Å². The van der Waals surface area contributed by atoms with Gasteiger partial charge in [-0.25, -0.2) is 0 Å². The Bertz CT molecular complexity index is 562. The number of hydrogen-bond donors (Lipinski definition) is 0. The fourth-order valence-corrected chi connectivity index (χ4v) is 6.80. The van der Waals surface area contributed by atoms with Crippen LogP contribution >= 0.6 is 0 Å². The van der Waals surface area contributed by atoms with Gasteiger partial charge in [-0.2, -0.15) is 0 Å². The molecule has 0 amide bonds. The molecule has 184 valence electrons. The summed E-state index contributed by atoms with van der Waals surface area (Å²) in [4.78, 5) is 5.62. The Labute approximate surface area is 196 Å². The Morgan fingerprint density at radius 1 is 0.613 bits per heavy atom. The summed E-state index contributed by atoms with van der Waals surface area (Å²) < 4.78 is 0. The van der Waals surface area contributed by atoms with Crippen molar-refractivity contribution in [2.45, 2.75) is 133 Å². The van der Waals surface area contributed by atoms with Crippen molar-refractivity contribution < 1.29 is 0 Å². The predicted octanol–water partition coefficient (Wildman–Crippen LogP) is 7.87. The molecule has 0 saturated carbocycles. The Morgan fingerprint density at radius 2 is 1.03 bits per heavy atom. The monoisotopic (exact) mass is 434 g/mol. The molecule has 2 heterocycles. The van der Waals surface area contributed by atoms with Gasteiger partial charge in [-0.15, -0.1) is 0 Å². The highest BCUT2D eigenvalue weighted by atomic mass is 15.2. The normalized spacial score (nSPS) is 22.8. The summed E-state index contributed by atoms with van der Waals surface area (Å²) in [6.45, 7) is 34.8. The summed E-state index contributed by atoms with van der Waals surface area (Å²) in [6, 6.07) is 0. The molecule has 2 rings (SSSR count). The number of likely N-dealkylation sites (tertiary alicyclic amines) is 2. The second-order valence-electron chi connectivity index (χ2n) is 14.7. The molecule has 2 heteroatoms. The Kier molecular flexibility index (Phi) is 8.14. The van der Waals surface area contributed by atoms with E-state index >= 15 is 0 Å². The van der Waals surface area contributed by atoms with Crippen molar-refractivity contribution in [3.05, 3.63) is 0 Å². The van der Waals surface area contributed by atoms with Crippen LogP contribution in [0, 0.1) is 28.1 Å². The first-order valence-corrected chi connectivity index (χ1v) is 13.4. The van der Waals surface area contributed by atoms with Gasteiger partial charge in [0.15, 0.2) is 0 Å². The lowest BCUT2D eigenvalue weighted by Gasteiger charge is -2.54. The molecule has 0 N–H and O–H groups in total. The summed E-state index contributed by atoms with van der Waals surface area (Å²) in [5, 5.41) is 0. The molecule has 0 aromatic heterocycles. The van der Waals surface area contributed by atoms with Gasteiger partial charge < -0.3 is 0 Å². The van der Waals surface area contributed by atoms with E-state index in [4.69, 9.17) is 0 Å². The van der Waals surface area contributed by atoms with Crippen molar-refractivity contribution in [2.75, 3.05) is 26.2 Å². The van der Waals surface area contributed by atoms with Crippen LogP contribution in [-0.2, 0) is 0 Å². The third kappa shape index (κ3) is 6.08. The molecule has 0 radical (unpaired) electrons. The smallest absolute Gasteiger partial charge is 0.0204 e. The Balaban J connectivity index is 1.96.